The lowest BCUT2D eigenvalue weighted by molar-refractivity contribution is -0.138. The topological polar surface area (TPSA) is 76.1 Å². The molecule has 1 heterocycles. The molecule has 0 saturated heterocycles. The number of hydrogen-bond acceptors (Lipinski definition) is 4. The molecular formula is C18H17NO5. The molecule has 0 spiro atoms. The fourth-order valence-corrected chi connectivity index (χ4v) is 2.89. The van der Waals surface area contributed by atoms with Gasteiger partial charge in [-0.2, -0.15) is 0 Å². The number of carbonyl (C=O) groups is 2. The van der Waals surface area contributed by atoms with Gasteiger partial charge < -0.3 is 19.5 Å². The Labute approximate surface area is 139 Å². The van der Waals surface area contributed by atoms with Gasteiger partial charge in [0, 0.05) is 30.3 Å². The molecule has 6 heteroatoms. The lowest BCUT2D eigenvalue weighted by atomic mass is 9.89. The lowest BCUT2D eigenvalue weighted by Gasteiger charge is -2.32. The van der Waals surface area contributed by atoms with E-state index < -0.39 is 11.9 Å². The van der Waals surface area contributed by atoms with Crippen LogP contribution in [0.25, 0.3) is 0 Å². The van der Waals surface area contributed by atoms with Crippen molar-refractivity contribution in [2.45, 2.75) is 5.92 Å². The van der Waals surface area contributed by atoms with Gasteiger partial charge in [-0.1, -0.05) is 18.2 Å². The van der Waals surface area contributed by atoms with Crippen LogP contribution in [0, 0.1) is 0 Å². The summed E-state index contributed by atoms with van der Waals surface area (Å²) in [6.07, 6.45) is 0. The number of carboxylic acids is 1. The molecule has 0 bridgehead atoms. The second-order valence-corrected chi connectivity index (χ2v) is 5.46. The first-order valence-electron chi connectivity index (χ1n) is 7.42. The molecule has 1 N–H and O–H groups in total. The summed E-state index contributed by atoms with van der Waals surface area (Å²) in [5.74, 6) is -0.921. The van der Waals surface area contributed by atoms with Gasteiger partial charge in [-0.3, -0.25) is 9.59 Å². The molecule has 0 aliphatic carbocycles. The van der Waals surface area contributed by atoms with Crippen molar-refractivity contribution in [2.24, 2.45) is 0 Å². The molecule has 1 unspecified atom stereocenters. The third-order valence-electron chi connectivity index (χ3n) is 4.12. The maximum atomic E-state index is 12.8. The molecule has 24 heavy (non-hydrogen) atoms. The number of aliphatic carboxylic acids is 1. The number of anilines is 1. The number of methoxy groups -OCH3 is 2. The van der Waals surface area contributed by atoms with E-state index in [1.54, 1.807) is 42.5 Å². The van der Waals surface area contributed by atoms with Gasteiger partial charge in [0.25, 0.3) is 5.91 Å². The Morgan fingerprint density at radius 1 is 1.12 bits per heavy atom. The van der Waals surface area contributed by atoms with Gasteiger partial charge in [0.2, 0.25) is 0 Å². The minimum absolute atomic E-state index is 0.0570. The summed E-state index contributed by atoms with van der Waals surface area (Å²) in [5, 5.41) is 9.55. The fourth-order valence-electron chi connectivity index (χ4n) is 2.89. The Balaban J connectivity index is 2.10. The third-order valence-corrected chi connectivity index (χ3v) is 4.12. The molecular weight excluding hydrogens is 310 g/mol. The SMILES string of the molecule is COc1cc(OC)cc(N2CC(C(=O)O)c3ccccc3C2=O)c1. The van der Waals surface area contributed by atoms with E-state index in [-0.39, 0.29) is 12.5 Å². The van der Waals surface area contributed by atoms with Crippen molar-refractivity contribution in [3.05, 3.63) is 53.6 Å². The molecule has 3 rings (SSSR count). The highest BCUT2D eigenvalue weighted by Gasteiger charge is 2.36. The Hall–Kier alpha value is -3.02. The zero-order chi connectivity index (χ0) is 17.3. The largest absolute Gasteiger partial charge is 0.497 e. The van der Waals surface area contributed by atoms with E-state index in [9.17, 15) is 14.7 Å². The highest BCUT2D eigenvalue weighted by atomic mass is 16.5. The van der Waals surface area contributed by atoms with Crippen LogP contribution >= 0.6 is 0 Å². The second-order valence-electron chi connectivity index (χ2n) is 5.46. The number of fused-ring (bicyclic) bond motifs is 1. The van der Waals surface area contributed by atoms with Crippen molar-refractivity contribution in [1.29, 1.82) is 0 Å². The summed E-state index contributed by atoms with van der Waals surface area (Å²) < 4.78 is 10.5. The minimum atomic E-state index is -0.963. The van der Waals surface area contributed by atoms with Gasteiger partial charge in [0.1, 0.15) is 17.4 Å². The molecule has 2 aromatic rings. The van der Waals surface area contributed by atoms with E-state index in [2.05, 4.69) is 0 Å². The molecule has 0 saturated carbocycles. The molecule has 0 fully saturated rings. The Morgan fingerprint density at radius 3 is 2.33 bits per heavy atom. The number of hydrogen-bond donors (Lipinski definition) is 1. The quantitative estimate of drug-likeness (QED) is 0.934. The monoisotopic (exact) mass is 327 g/mol. The maximum absolute atomic E-state index is 12.8. The van der Waals surface area contributed by atoms with E-state index in [1.165, 1.54) is 19.1 Å². The van der Waals surface area contributed by atoms with Gasteiger partial charge in [0.05, 0.1) is 19.9 Å². The summed E-state index contributed by atoms with van der Waals surface area (Å²) in [6.45, 7) is 0.0570. The molecule has 1 atom stereocenters. The number of ether oxygens (including phenoxy) is 2. The van der Waals surface area contributed by atoms with E-state index in [1.807, 2.05) is 0 Å². The van der Waals surface area contributed by atoms with Gasteiger partial charge in [-0.15, -0.1) is 0 Å². The fraction of sp³-hybridized carbons (Fsp3) is 0.222. The molecule has 2 aromatic carbocycles. The van der Waals surface area contributed by atoms with Gasteiger partial charge >= 0.3 is 5.97 Å². The van der Waals surface area contributed by atoms with Crippen molar-refractivity contribution in [1.82, 2.24) is 0 Å². The average molecular weight is 327 g/mol. The molecule has 6 nitrogen and oxygen atoms in total. The van der Waals surface area contributed by atoms with Gasteiger partial charge in [-0.25, -0.2) is 0 Å². The van der Waals surface area contributed by atoms with Crippen LogP contribution in [0.3, 0.4) is 0 Å². The first-order chi connectivity index (χ1) is 11.5. The van der Waals surface area contributed by atoms with Crippen LogP contribution in [-0.4, -0.2) is 37.7 Å². The number of amides is 1. The summed E-state index contributed by atoms with van der Waals surface area (Å²) in [4.78, 5) is 25.9. The average Bonchev–Trinajstić information content (AvgIpc) is 2.61. The highest BCUT2D eigenvalue weighted by Crippen LogP contribution is 2.35. The standard InChI is InChI=1S/C18H17NO5/c1-23-12-7-11(8-13(9-12)24-2)19-10-16(18(21)22)14-5-3-4-6-15(14)17(19)20/h3-9,16H,10H2,1-2H3,(H,21,22). The molecule has 0 radical (unpaired) electrons. The Bertz CT molecular complexity index is 779. The van der Waals surface area contributed by atoms with Crippen LogP contribution in [0.4, 0.5) is 5.69 Å². The minimum Gasteiger partial charge on any atom is -0.497 e. The van der Waals surface area contributed by atoms with Crippen LogP contribution in [0.5, 0.6) is 11.5 Å². The van der Waals surface area contributed by atoms with Crippen LogP contribution in [0.15, 0.2) is 42.5 Å². The maximum Gasteiger partial charge on any atom is 0.312 e. The molecule has 0 aromatic heterocycles. The lowest BCUT2D eigenvalue weighted by Crippen LogP contribution is -2.42. The number of carboxylic acid groups (broad SMARTS) is 1. The van der Waals surface area contributed by atoms with Crippen LogP contribution in [0.2, 0.25) is 0 Å². The predicted molar refractivity (Wildman–Crippen MR) is 88.0 cm³/mol. The molecule has 124 valence electrons. The van der Waals surface area contributed by atoms with Crippen molar-refractivity contribution in [2.75, 3.05) is 25.7 Å². The van der Waals surface area contributed by atoms with Crippen LogP contribution in [-0.2, 0) is 4.79 Å². The number of carbonyl (C=O) groups excluding carboxylic acids is 1. The normalized spacial score (nSPS) is 16.5. The summed E-state index contributed by atoms with van der Waals surface area (Å²) in [5.41, 5.74) is 1.48. The number of nitrogens with zero attached hydrogens (tertiary/aromatic N) is 1. The number of rotatable bonds is 4. The summed E-state index contributed by atoms with van der Waals surface area (Å²) in [6, 6.07) is 11.9. The van der Waals surface area contributed by atoms with Crippen LogP contribution < -0.4 is 14.4 Å². The van der Waals surface area contributed by atoms with E-state index in [0.717, 1.165) is 0 Å². The predicted octanol–water partition coefficient (Wildman–Crippen LogP) is 2.53. The zero-order valence-electron chi connectivity index (χ0n) is 13.4. The van der Waals surface area contributed by atoms with Crippen molar-refractivity contribution in [3.63, 3.8) is 0 Å². The first kappa shape index (κ1) is 15.9. The van der Waals surface area contributed by atoms with Gasteiger partial charge in [0.15, 0.2) is 0 Å². The summed E-state index contributed by atoms with van der Waals surface area (Å²) >= 11 is 0. The van der Waals surface area contributed by atoms with E-state index in [4.69, 9.17) is 9.47 Å². The smallest absolute Gasteiger partial charge is 0.312 e. The third kappa shape index (κ3) is 2.67. The van der Waals surface area contributed by atoms with Crippen molar-refractivity contribution >= 4 is 17.6 Å². The van der Waals surface area contributed by atoms with Gasteiger partial charge in [-0.05, 0) is 11.6 Å². The molecule has 1 aliphatic heterocycles. The Kier molecular flexibility index (Phi) is 4.12. The zero-order valence-corrected chi connectivity index (χ0v) is 13.4. The highest BCUT2D eigenvalue weighted by molar-refractivity contribution is 6.10. The van der Waals surface area contributed by atoms with Crippen molar-refractivity contribution < 1.29 is 24.2 Å². The number of benzene rings is 2. The van der Waals surface area contributed by atoms with Crippen molar-refractivity contribution in [3.8, 4) is 11.5 Å². The van der Waals surface area contributed by atoms with E-state index >= 15 is 0 Å². The molecule has 1 amide bonds. The molecule has 1 aliphatic rings. The van der Waals surface area contributed by atoms with Crippen LogP contribution in [0.1, 0.15) is 21.8 Å². The summed E-state index contributed by atoms with van der Waals surface area (Å²) in [7, 11) is 3.04. The second kappa shape index (κ2) is 6.23. The Morgan fingerprint density at radius 2 is 1.75 bits per heavy atom. The van der Waals surface area contributed by atoms with E-state index in [0.29, 0.717) is 28.3 Å². The first-order valence-corrected chi connectivity index (χ1v) is 7.42.